The van der Waals surface area contributed by atoms with E-state index in [0.29, 0.717) is 5.03 Å². The van der Waals surface area contributed by atoms with E-state index in [1.807, 2.05) is 0 Å². The van der Waals surface area contributed by atoms with E-state index in [-0.39, 0.29) is 18.8 Å². The quantitative estimate of drug-likeness (QED) is 0.287. The minimum absolute atomic E-state index is 0.127. The van der Waals surface area contributed by atoms with Gasteiger partial charge in [-0.15, -0.1) is 11.8 Å². The number of nitrogens with two attached hydrogens (primary N) is 1. The molecular formula is C12H18N2O5S. The monoisotopic (exact) mass is 302 g/mol. The summed E-state index contributed by atoms with van der Waals surface area (Å²) in [6.07, 6.45) is 3.96. The van der Waals surface area contributed by atoms with E-state index in [0.717, 1.165) is 12.3 Å². The molecule has 0 aromatic rings. The maximum atomic E-state index is 11.6. The van der Waals surface area contributed by atoms with Gasteiger partial charge < -0.3 is 20.5 Å². The Morgan fingerprint density at radius 3 is 2.00 bits per heavy atom. The number of amides is 1. The summed E-state index contributed by atoms with van der Waals surface area (Å²) in [6.45, 7) is 3.49. The maximum absolute atomic E-state index is 11.6. The van der Waals surface area contributed by atoms with E-state index in [4.69, 9.17) is 15.2 Å². The van der Waals surface area contributed by atoms with Gasteiger partial charge in [0.2, 0.25) is 5.91 Å². The molecule has 3 N–H and O–H groups in total. The fraction of sp³-hybridized carbons (Fsp3) is 0.417. The van der Waals surface area contributed by atoms with E-state index >= 15 is 0 Å². The molecule has 0 aliphatic heterocycles. The average Bonchev–Trinajstić information content (AvgIpc) is 2.37. The molecule has 0 heterocycles. The van der Waals surface area contributed by atoms with Crippen LogP contribution in [0, 0.1) is 0 Å². The predicted octanol–water partition coefficient (Wildman–Crippen LogP) is 0.276. The number of ether oxygens (including phenoxy) is 2. The van der Waals surface area contributed by atoms with Crippen molar-refractivity contribution in [3.63, 3.8) is 0 Å². The highest BCUT2D eigenvalue weighted by Crippen LogP contribution is 2.09. The average molecular weight is 302 g/mol. The van der Waals surface area contributed by atoms with Crippen LogP contribution in [0.4, 0.5) is 0 Å². The number of thioether (sulfide) groups is 1. The number of primary amides is 1. The van der Waals surface area contributed by atoms with Crippen LogP contribution in [0.25, 0.3) is 0 Å². The van der Waals surface area contributed by atoms with Gasteiger partial charge in [0.25, 0.3) is 0 Å². The second kappa shape index (κ2) is 9.90. The van der Waals surface area contributed by atoms with Crippen LogP contribution in [0.2, 0.25) is 0 Å². The van der Waals surface area contributed by atoms with Gasteiger partial charge in [-0.05, 0) is 20.1 Å². The van der Waals surface area contributed by atoms with Crippen molar-refractivity contribution in [3.8, 4) is 0 Å². The lowest BCUT2D eigenvalue weighted by molar-refractivity contribution is -0.146. The Kier molecular flexibility index (Phi) is 8.93. The first kappa shape index (κ1) is 18.0. The van der Waals surface area contributed by atoms with Gasteiger partial charge in [-0.25, -0.2) is 9.59 Å². The zero-order chi connectivity index (χ0) is 15.5. The largest absolute Gasteiger partial charge is 0.462 e. The number of carbonyl (C=O) groups is 3. The Morgan fingerprint density at radius 2 is 1.65 bits per heavy atom. The molecule has 0 aromatic carbocycles. The molecule has 1 amide bonds. The van der Waals surface area contributed by atoms with Crippen LogP contribution < -0.4 is 11.1 Å². The fourth-order valence-electron chi connectivity index (χ4n) is 1.05. The smallest absolute Gasteiger partial charge is 0.347 e. The first-order chi connectivity index (χ1) is 9.46. The molecule has 0 aliphatic carbocycles. The van der Waals surface area contributed by atoms with Crippen LogP contribution in [-0.4, -0.2) is 37.3 Å². The van der Waals surface area contributed by atoms with Gasteiger partial charge in [0.05, 0.1) is 18.2 Å². The molecule has 0 atom stereocenters. The Labute approximate surface area is 121 Å². The lowest BCUT2D eigenvalue weighted by Crippen LogP contribution is -2.21. The molecule has 0 saturated heterocycles. The van der Waals surface area contributed by atoms with Crippen LogP contribution in [-0.2, 0) is 23.9 Å². The van der Waals surface area contributed by atoms with Crippen molar-refractivity contribution in [2.45, 2.75) is 13.8 Å². The molecule has 7 nitrogen and oxygen atoms in total. The maximum Gasteiger partial charge on any atom is 0.347 e. The topological polar surface area (TPSA) is 108 Å². The minimum Gasteiger partial charge on any atom is -0.462 e. The van der Waals surface area contributed by atoms with Crippen molar-refractivity contribution in [2.24, 2.45) is 5.73 Å². The molecule has 0 saturated carbocycles. The van der Waals surface area contributed by atoms with Gasteiger partial charge in [-0.3, -0.25) is 4.79 Å². The van der Waals surface area contributed by atoms with Crippen LogP contribution in [0.1, 0.15) is 13.8 Å². The van der Waals surface area contributed by atoms with Crippen LogP contribution >= 0.6 is 11.8 Å². The molecule has 8 heteroatoms. The SMILES string of the molecule is CCOC(=O)C(=CN/C(=C/C(N)=O)SC)C(=O)OCC. The van der Waals surface area contributed by atoms with Crippen molar-refractivity contribution < 1.29 is 23.9 Å². The Bertz CT molecular complexity index is 412. The van der Waals surface area contributed by atoms with E-state index < -0.39 is 17.8 Å². The molecule has 0 aromatic heterocycles. The van der Waals surface area contributed by atoms with Gasteiger partial charge >= 0.3 is 11.9 Å². The zero-order valence-corrected chi connectivity index (χ0v) is 12.4. The number of nitrogens with one attached hydrogen (secondary N) is 1. The van der Waals surface area contributed by atoms with E-state index in [9.17, 15) is 14.4 Å². The molecule has 0 bridgehead atoms. The van der Waals surface area contributed by atoms with Gasteiger partial charge in [0.1, 0.15) is 0 Å². The fourth-order valence-corrected chi connectivity index (χ4v) is 1.46. The number of hydrogen-bond donors (Lipinski definition) is 2. The minimum atomic E-state index is -0.807. The van der Waals surface area contributed by atoms with Crippen molar-refractivity contribution in [3.05, 3.63) is 22.9 Å². The predicted molar refractivity (Wildman–Crippen MR) is 75.3 cm³/mol. The molecule has 20 heavy (non-hydrogen) atoms. The Balaban J connectivity index is 5.10. The summed E-state index contributed by atoms with van der Waals surface area (Å²) < 4.78 is 9.51. The third-order valence-corrected chi connectivity index (χ3v) is 2.52. The van der Waals surface area contributed by atoms with Crippen molar-refractivity contribution in [1.82, 2.24) is 5.32 Å². The normalized spacial score (nSPS) is 10.4. The summed E-state index contributed by atoms with van der Waals surface area (Å²) in [7, 11) is 0. The summed E-state index contributed by atoms with van der Waals surface area (Å²) in [5.41, 5.74) is 4.72. The van der Waals surface area contributed by atoms with Gasteiger partial charge in [0.15, 0.2) is 5.57 Å². The molecule has 0 rings (SSSR count). The van der Waals surface area contributed by atoms with E-state index in [1.54, 1.807) is 20.1 Å². The summed E-state index contributed by atoms with van der Waals surface area (Å²) in [5.74, 6) is -2.26. The Hall–Kier alpha value is -1.96. The van der Waals surface area contributed by atoms with Crippen molar-refractivity contribution in [1.29, 1.82) is 0 Å². The highest BCUT2D eigenvalue weighted by molar-refractivity contribution is 8.02. The van der Waals surface area contributed by atoms with E-state index in [2.05, 4.69) is 5.32 Å². The Morgan fingerprint density at radius 1 is 1.15 bits per heavy atom. The van der Waals surface area contributed by atoms with Gasteiger partial charge in [0, 0.05) is 12.3 Å². The van der Waals surface area contributed by atoms with Crippen molar-refractivity contribution >= 4 is 29.6 Å². The molecule has 0 fully saturated rings. The summed E-state index contributed by atoms with van der Waals surface area (Å²) in [4.78, 5) is 34.0. The highest BCUT2D eigenvalue weighted by Gasteiger charge is 2.21. The zero-order valence-electron chi connectivity index (χ0n) is 11.6. The molecule has 0 radical (unpaired) electrons. The molecule has 0 spiro atoms. The van der Waals surface area contributed by atoms with E-state index in [1.165, 1.54) is 11.8 Å². The summed E-state index contributed by atoms with van der Waals surface area (Å²) in [6, 6.07) is 0. The third kappa shape index (κ3) is 6.83. The molecule has 112 valence electrons. The lowest BCUT2D eigenvalue weighted by Gasteiger charge is -2.08. The second-order valence-corrected chi connectivity index (χ2v) is 4.11. The highest BCUT2D eigenvalue weighted by atomic mass is 32.2. The molecular weight excluding hydrogens is 284 g/mol. The summed E-state index contributed by atoms with van der Waals surface area (Å²) >= 11 is 1.19. The number of carbonyl (C=O) groups excluding carboxylic acids is 3. The summed E-state index contributed by atoms with van der Waals surface area (Å²) in [5, 5.41) is 3.02. The van der Waals surface area contributed by atoms with Gasteiger partial charge in [-0.2, -0.15) is 0 Å². The second-order valence-electron chi connectivity index (χ2n) is 3.26. The van der Waals surface area contributed by atoms with Crippen LogP contribution in [0.15, 0.2) is 22.9 Å². The standard InChI is InChI=1S/C12H18N2O5S/c1-4-18-11(16)8(12(17)19-5-2)7-14-10(20-3)6-9(13)15/h6-7,14H,4-5H2,1-3H3,(H2,13,15)/b10-6-. The van der Waals surface area contributed by atoms with Crippen LogP contribution in [0.5, 0.6) is 0 Å². The lowest BCUT2D eigenvalue weighted by atomic mass is 10.3. The van der Waals surface area contributed by atoms with Crippen molar-refractivity contribution in [2.75, 3.05) is 19.5 Å². The molecule has 0 unspecified atom stereocenters. The van der Waals surface area contributed by atoms with Gasteiger partial charge in [-0.1, -0.05) is 0 Å². The number of esters is 2. The first-order valence-electron chi connectivity index (χ1n) is 5.82. The first-order valence-corrected chi connectivity index (χ1v) is 7.04. The molecule has 0 aliphatic rings. The third-order valence-electron chi connectivity index (χ3n) is 1.84. The number of hydrogen-bond acceptors (Lipinski definition) is 7. The number of rotatable bonds is 8. The van der Waals surface area contributed by atoms with Crippen LogP contribution in [0.3, 0.4) is 0 Å².